The first-order valence-corrected chi connectivity index (χ1v) is 7.88. The van der Waals surface area contributed by atoms with Gasteiger partial charge in [0.05, 0.1) is 10.6 Å². The van der Waals surface area contributed by atoms with Crippen LogP contribution < -0.4 is 0 Å². The van der Waals surface area contributed by atoms with E-state index in [2.05, 4.69) is 6.92 Å². The fourth-order valence-electron chi connectivity index (χ4n) is 1.64. The maximum Gasteiger partial charge on any atom is 0.182 e. The van der Waals surface area contributed by atoms with Crippen LogP contribution in [0.1, 0.15) is 11.1 Å². The van der Waals surface area contributed by atoms with E-state index in [1.54, 1.807) is 30.3 Å². The van der Waals surface area contributed by atoms with Crippen LogP contribution in [0.5, 0.6) is 0 Å². The van der Waals surface area contributed by atoms with Crippen molar-refractivity contribution in [3.05, 3.63) is 70.6 Å². The van der Waals surface area contributed by atoms with Gasteiger partial charge in [-0.15, -0.1) is 0 Å². The summed E-state index contributed by atoms with van der Waals surface area (Å²) in [6, 6.07) is 11.3. The van der Waals surface area contributed by atoms with Gasteiger partial charge in [0.1, 0.15) is 0 Å². The second kappa shape index (κ2) is 5.53. The normalized spacial score (nSPS) is 11.5. The van der Waals surface area contributed by atoms with E-state index in [0.717, 1.165) is 5.56 Å². The highest BCUT2D eigenvalue weighted by Crippen LogP contribution is 2.28. The quantitative estimate of drug-likeness (QED) is 0.853. The third-order valence-electron chi connectivity index (χ3n) is 2.68. The first-order chi connectivity index (χ1) is 8.90. The zero-order valence-electron chi connectivity index (χ0n) is 9.94. The van der Waals surface area contributed by atoms with Crippen molar-refractivity contribution < 1.29 is 8.42 Å². The van der Waals surface area contributed by atoms with Gasteiger partial charge in [-0.1, -0.05) is 41.4 Å². The van der Waals surface area contributed by atoms with Crippen molar-refractivity contribution in [1.82, 2.24) is 0 Å². The van der Waals surface area contributed by atoms with E-state index in [4.69, 9.17) is 23.2 Å². The van der Waals surface area contributed by atoms with Gasteiger partial charge in [-0.05, 0) is 36.8 Å². The largest absolute Gasteiger partial charge is 0.223 e. The highest BCUT2D eigenvalue weighted by Gasteiger charge is 2.18. The molecule has 0 aromatic heterocycles. The number of halogens is 2. The lowest BCUT2D eigenvalue weighted by molar-refractivity contribution is 0.595. The van der Waals surface area contributed by atoms with Gasteiger partial charge in [0.25, 0.3) is 0 Å². The standard InChI is InChI=1S/C14H11Cl2O2S/c1-10-5-7-11(8-6-10)19(17,18)9-12-13(15)3-2-4-14(12)16/h2-8H,1,9H2. The minimum absolute atomic E-state index is 0.220. The SMILES string of the molecule is [CH2]c1ccc(S(=O)(=O)Cc2c(Cl)cccc2Cl)cc1. The molecule has 0 spiro atoms. The Bertz CT molecular complexity index is 672. The molecule has 0 fully saturated rings. The minimum atomic E-state index is -3.47. The molecular formula is C14H11Cl2O2S. The maximum absolute atomic E-state index is 12.3. The minimum Gasteiger partial charge on any atom is -0.223 e. The van der Waals surface area contributed by atoms with Gasteiger partial charge >= 0.3 is 0 Å². The molecule has 0 unspecified atom stereocenters. The number of hydrogen-bond donors (Lipinski definition) is 0. The highest BCUT2D eigenvalue weighted by molar-refractivity contribution is 7.90. The van der Waals surface area contributed by atoms with Gasteiger partial charge in [-0.3, -0.25) is 0 Å². The number of benzene rings is 2. The van der Waals surface area contributed by atoms with Gasteiger partial charge in [-0.2, -0.15) is 0 Å². The van der Waals surface area contributed by atoms with Crippen molar-refractivity contribution in [3.63, 3.8) is 0 Å². The zero-order valence-corrected chi connectivity index (χ0v) is 12.3. The monoisotopic (exact) mass is 313 g/mol. The lowest BCUT2D eigenvalue weighted by Crippen LogP contribution is -2.06. The molecule has 0 aliphatic heterocycles. The third-order valence-corrected chi connectivity index (χ3v) is 5.05. The molecule has 2 aromatic carbocycles. The first kappa shape index (κ1) is 14.4. The summed E-state index contributed by atoms with van der Waals surface area (Å²) in [4.78, 5) is 0.232. The second-order valence-corrected chi connectivity index (χ2v) is 6.91. The van der Waals surface area contributed by atoms with Crippen LogP contribution in [-0.2, 0) is 15.6 Å². The summed E-state index contributed by atoms with van der Waals surface area (Å²) in [5, 5.41) is 0.703. The second-order valence-electron chi connectivity index (χ2n) is 4.10. The fourth-order valence-corrected chi connectivity index (χ4v) is 3.74. The molecule has 0 amide bonds. The van der Waals surface area contributed by atoms with Crippen LogP contribution in [0.15, 0.2) is 47.4 Å². The van der Waals surface area contributed by atoms with Crippen LogP contribution in [0, 0.1) is 6.92 Å². The number of hydrogen-bond acceptors (Lipinski definition) is 2. The van der Waals surface area contributed by atoms with Gasteiger partial charge < -0.3 is 0 Å². The van der Waals surface area contributed by atoms with Gasteiger partial charge in [0.15, 0.2) is 9.84 Å². The molecule has 5 heteroatoms. The van der Waals surface area contributed by atoms with E-state index >= 15 is 0 Å². The van der Waals surface area contributed by atoms with Gasteiger partial charge in [0, 0.05) is 15.6 Å². The summed E-state index contributed by atoms with van der Waals surface area (Å²) in [6.45, 7) is 3.72. The van der Waals surface area contributed by atoms with E-state index in [0.29, 0.717) is 15.6 Å². The Balaban J connectivity index is 2.39. The molecule has 19 heavy (non-hydrogen) atoms. The molecule has 0 bridgehead atoms. The molecule has 0 heterocycles. The van der Waals surface area contributed by atoms with E-state index in [1.807, 2.05) is 0 Å². The maximum atomic E-state index is 12.3. The summed E-state index contributed by atoms with van der Waals surface area (Å²) in [7, 11) is -3.47. The molecule has 0 aliphatic rings. The molecule has 2 aromatic rings. The summed E-state index contributed by atoms with van der Waals surface area (Å²) >= 11 is 12.0. The summed E-state index contributed by atoms with van der Waals surface area (Å²) in [6.07, 6.45) is 0. The molecule has 0 atom stereocenters. The van der Waals surface area contributed by atoms with Gasteiger partial charge in [-0.25, -0.2) is 8.42 Å². The van der Waals surface area contributed by atoms with Crippen LogP contribution >= 0.6 is 23.2 Å². The van der Waals surface area contributed by atoms with Crippen molar-refractivity contribution in [2.75, 3.05) is 0 Å². The molecule has 0 saturated heterocycles. The first-order valence-electron chi connectivity index (χ1n) is 5.48. The van der Waals surface area contributed by atoms with E-state index < -0.39 is 9.84 Å². The Morgan fingerprint density at radius 1 is 0.947 bits per heavy atom. The molecule has 99 valence electrons. The Hall–Kier alpha value is -1.03. The van der Waals surface area contributed by atoms with Crippen molar-refractivity contribution in [3.8, 4) is 0 Å². The summed E-state index contributed by atoms with van der Waals surface area (Å²) < 4.78 is 24.6. The average molecular weight is 314 g/mol. The van der Waals surface area contributed by atoms with Crippen LogP contribution in [0.25, 0.3) is 0 Å². The van der Waals surface area contributed by atoms with Crippen LogP contribution in [0.2, 0.25) is 10.0 Å². The molecule has 2 rings (SSSR count). The van der Waals surface area contributed by atoms with Gasteiger partial charge in [0.2, 0.25) is 0 Å². The average Bonchev–Trinajstić information content (AvgIpc) is 2.35. The van der Waals surface area contributed by atoms with Crippen molar-refractivity contribution in [2.24, 2.45) is 0 Å². The molecule has 0 aliphatic carbocycles. The Morgan fingerprint density at radius 3 is 2.00 bits per heavy atom. The van der Waals surface area contributed by atoms with Crippen molar-refractivity contribution >= 4 is 33.0 Å². The zero-order chi connectivity index (χ0) is 14.0. The van der Waals surface area contributed by atoms with E-state index in [9.17, 15) is 8.42 Å². The Morgan fingerprint density at radius 2 is 1.47 bits per heavy atom. The summed E-state index contributed by atoms with van der Waals surface area (Å²) in [5.74, 6) is -0.220. The predicted molar refractivity (Wildman–Crippen MR) is 78.3 cm³/mol. The number of sulfone groups is 1. The fraction of sp³-hybridized carbons (Fsp3) is 0.0714. The highest BCUT2D eigenvalue weighted by atomic mass is 35.5. The van der Waals surface area contributed by atoms with Crippen molar-refractivity contribution in [2.45, 2.75) is 10.6 Å². The van der Waals surface area contributed by atoms with Crippen LogP contribution in [0.3, 0.4) is 0 Å². The van der Waals surface area contributed by atoms with E-state index in [1.165, 1.54) is 12.1 Å². The lowest BCUT2D eigenvalue weighted by Gasteiger charge is -2.08. The van der Waals surface area contributed by atoms with Crippen LogP contribution in [0.4, 0.5) is 0 Å². The molecule has 1 radical (unpaired) electrons. The summed E-state index contributed by atoms with van der Waals surface area (Å²) in [5.41, 5.74) is 1.18. The Kier molecular flexibility index (Phi) is 4.19. The lowest BCUT2D eigenvalue weighted by atomic mass is 10.2. The predicted octanol–water partition coefficient (Wildman–Crippen LogP) is 4.15. The third kappa shape index (κ3) is 3.30. The Labute approximate surface area is 122 Å². The topological polar surface area (TPSA) is 34.1 Å². The molecule has 0 N–H and O–H groups in total. The molecular weight excluding hydrogens is 303 g/mol. The van der Waals surface area contributed by atoms with E-state index in [-0.39, 0.29) is 10.6 Å². The van der Waals surface area contributed by atoms with Crippen molar-refractivity contribution in [1.29, 1.82) is 0 Å². The molecule has 2 nitrogen and oxygen atoms in total. The van der Waals surface area contributed by atoms with Crippen LogP contribution in [-0.4, -0.2) is 8.42 Å². The molecule has 0 saturated carbocycles. The number of rotatable bonds is 3. The smallest absolute Gasteiger partial charge is 0.182 e.